The number of ether oxygens (including phenoxy) is 1. The molecule has 140 valence electrons. The Morgan fingerprint density at radius 1 is 1.46 bits per heavy atom. The Labute approximate surface area is 156 Å². The van der Waals surface area contributed by atoms with Gasteiger partial charge in [-0.25, -0.2) is 9.97 Å². The van der Waals surface area contributed by atoms with E-state index in [4.69, 9.17) is 4.74 Å². The monoisotopic (exact) mass is 376 g/mol. The van der Waals surface area contributed by atoms with Crippen LogP contribution in [0.25, 0.3) is 0 Å². The first kappa shape index (κ1) is 18.6. The third-order valence-electron chi connectivity index (χ3n) is 4.57. The second kappa shape index (κ2) is 8.01. The van der Waals surface area contributed by atoms with Crippen LogP contribution in [0.3, 0.4) is 0 Å². The van der Waals surface area contributed by atoms with Gasteiger partial charge in [-0.05, 0) is 38.2 Å². The third-order valence-corrected chi connectivity index (χ3v) is 5.68. The number of carbonyl (C=O) groups excluding carboxylic acids is 1. The highest BCUT2D eigenvalue weighted by Crippen LogP contribution is 2.38. The molecule has 1 amide bonds. The molecule has 8 heteroatoms. The molecule has 1 fully saturated rings. The zero-order valence-electron chi connectivity index (χ0n) is 15.2. The standard InChI is InChI=1S/C18H24N4O3S/c1-4-19-18-21-10(2)16(26-18)17(24)22-15(12-7-13(23)8-12)11-5-6-14(25-3)20-9-11/h5-6,9,12-13,15,23H,4,7-8H2,1-3H3,(H,19,21)(H,22,24)/t12?,13?,15-/m1/s1. The molecule has 2 aromatic rings. The van der Waals surface area contributed by atoms with Gasteiger partial charge in [-0.1, -0.05) is 17.4 Å². The minimum absolute atomic E-state index is 0.147. The number of nitrogens with one attached hydrogen (secondary N) is 2. The van der Waals surface area contributed by atoms with Crippen LogP contribution < -0.4 is 15.4 Å². The molecule has 3 N–H and O–H groups in total. The normalized spacial score (nSPS) is 20.2. The van der Waals surface area contributed by atoms with Gasteiger partial charge >= 0.3 is 0 Å². The van der Waals surface area contributed by atoms with Crippen molar-refractivity contribution in [3.05, 3.63) is 34.5 Å². The van der Waals surface area contributed by atoms with E-state index in [9.17, 15) is 9.90 Å². The number of aliphatic hydroxyl groups is 1. The first-order valence-electron chi connectivity index (χ1n) is 8.72. The predicted molar refractivity (Wildman–Crippen MR) is 101 cm³/mol. The van der Waals surface area contributed by atoms with E-state index in [2.05, 4.69) is 20.6 Å². The second-order valence-corrected chi connectivity index (χ2v) is 7.43. The van der Waals surface area contributed by atoms with Gasteiger partial charge in [-0.2, -0.15) is 0 Å². The Balaban J connectivity index is 1.79. The highest BCUT2D eigenvalue weighted by Gasteiger charge is 2.36. The fourth-order valence-corrected chi connectivity index (χ4v) is 4.05. The van der Waals surface area contributed by atoms with E-state index >= 15 is 0 Å². The zero-order chi connectivity index (χ0) is 18.7. The molecule has 1 saturated carbocycles. The topological polar surface area (TPSA) is 96.4 Å². The number of thiazole rings is 1. The third kappa shape index (κ3) is 3.96. The lowest BCUT2D eigenvalue weighted by Crippen LogP contribution is -2.41. The number of methoxy groups -OCH3 is 1. The van der Waals surface area contributed by atoms with E-state index in [-0.39, 0.29) is 24.0 Å². The molecule has 26 heavy (non-hydrogen) atoms. The molecule has 2 heterocycles. The summed E-state index contributed by atoms with van der Waals surface area (Å²) in [6.45, 7) is 4.59. The molecule has 1 aliphatic rings. The maximum atomic E-state index is 12.8. The Morgan fingerprint density at radius 2 is 2.23 bits per heavy atom. The van der Waals surface area contributed by atoms with Crippen molar-refractivity contribution in [2.45, 2.75) is 38.8 Å². The van der Waals surface area contributed by atoms with E-state index in [0.29, 0.717) is 29.3 Å². The summed E-state index contributed by atoms with van der Waals surface area (Å²) >= 11 is 1.35. The molecule has 7 nitrogen and oxygen atoms in total. The SMILES string of the molecule is CCNc1nc(C)c(C(=O)N[C@H](c2ccc(OC)nc2)C2CC(O)C2)s1. The largest absolute Gasteiger partial charge is 0.481 e. The van der Waals surface area contributed by atoms with Crippen molar-refractivity contribution in [1.29, 1.82) is 0 Å². The molecule has 0 saturated heterocycles. The number of aryl methyl sites for hydroxylation is 1. The maximum absolute atomic E-state index is 12.8. The lowest BCUT2D eigenvalue weighted by molar-refractivity contribution is 0.0235. The van der Waals surface area contributed by atoms with Gasteiger partial charge in [0.05, 0.1) is 24.9 Å². The minimum atomic E-state index is -0.295. The summed E-state index contributed by atoms with van der Waals surface area (Å²) in [7, 11) is 1.57. The quantitative estimate of drug-likeness (QED) is 0.687. The molecule has 1 atom stereocenters. The molecule has 0 aliphatic heterocycles. The average Bonchev–Trinajstić information content (AvgIpc) is 2.98. The zero-order valence-corrected chi connectivity index (χ0v) is 16.0. The Hall–Kier alpha value is -2.19. The number of pyridine rings is 1. The van der Waals surface area contributed by atoms with Crippen LogP contribution in [0.2, 0.25) is 0 Å². The van der Waals surface area contributed by atoms with Gasteiger partial charge in [0.2, 0.25) is 5.88 Å². The summed E-state index contributed by atoms with van der Waals surface area (Å²) < 4.78 is 5.11. The summed E-state index contributed by atoms with van der Waals surface area (Å²) in [5, 5.41) is 16.7. The fraction of sp³-hybridized carbons (Fsp3) is 0.500. The van der Waals surface area contributed by atoms with Gasteiger partial charge in [0, 0.05) is 18.8 Å². The molecule has 0 bridgehead atoms. The first-order chi connectivity index (χ1) is 12.5. The van der Waals surface area contributed by atoms with Crippen LogP contribution in [0.15, 0.2) is 18.3 Å². The van der Waals surface area contributed by atoms with Crippen molar-refractivity contribution in [2.24, 2.45) is 5.92 Å². The number of rotatable bonds is 7. The van der Waals surface area contributed by atoms with Crippen LogP contribution in [0, 0.1) is 12.8 Å². The molecule has 0 unspecified atom stereocenters. The first-order valence-corrected chi connectivity index (χ1v) is 9.53. The molecular weight excluding hydrogens is 352 g/mol. The molecule has 3 rings (SSSR count). The summed E-state index contributed by atoms with van der Waals surface area (Å²) in [5.41, 5.74) is 1.62. The highest BCUT2D eigenvalue weighted by molar-refractivity contribution is 7.17. The van der Waals surface area contributed by atoms with E-state index < -0.39 is 0 Å². The molecule has 2 aromatic heterocycles. The second-order valence-electron chi connectivity index (χ2n) is 6.43. The number of amides is 1. The van der Waals surface area contributed by atoms with Crippen LogP contribution in [0.5, 0.6) is 5.88 Å². The molecule has 1 aliphatic carbocycles. The number of carbonyl (C=O) groups is 1. The van der Waals surface area contributed by atoms with Crippen molar-refractivity contribution >= 4 is 22.4 Å². The number of aliphatic hydroxyl groups excluding tert-OH is 1. The van der Waals surface area contributed by atoms with Crippen molar-refractivity contribution < 1.29 is 14.6 Å². The van der Waals surface area contributed by atoms with Gasteiger partial charge in [0.1, 0.15) is 4.88 Å². The highest BCUT2D eigenvalue weighted by atomic mass is 32.1. The smallest absolute Gasteiger partial charge is 0.263 e. The van der Waals surface area contributed by atoms with Crippen molar-refractivity contribution in [3.8, 4) is 5.88 Å². The van der Waals surface area contributed by atoms with Gasteiger partial charge in [0.25, 0.3) is 5.91 Å². The van der Waals surface area contributed by atoms with Crippen molar-refractivity contribution in [1.82, 2.24) is 15.3 Å². The van der Waals surface area contributed by atoms with E-state index in [0.717, 1.165) is 17.2 Å². The lowest BCUT2D eigenvalue weighted by atomic mass is 9.75. The van der Waals surface area contributed by atoms with Crippen LogP contribution >= 0.6 is 11.3 Å². The molecular formula is C18H24N4O3S. The Kier molecular flexibility index (Phi) is 5.73. The van der Waals surface area contributed by atoms with Crippen LogP contribution in [0.1, 0.15) is 46.7 Å². The Morgan fingerprint density at radius 3 is 2.81 bits per heavy atom. The molecule has 0 aromatic carbocycles. The number of anilines is 1. The number of nitrogens with zero attached hydrogens (tertiary/aromatic N) is 2. The van der Waals surface area contributed by atoms with Crippen LogP contribution in [0.4, 0.5) is 5.13 Å². The van der Waals surface area contributed by atoms with Gasteiger partial charge in [0.15, 0.2) is 5.13 Å². The van der Waals surface area contributed by atoms with Crippen LogP contribution in [-0.4, -0.2) is 40.7 Å². The average molecular weight is 376 g/mol. The van der Waals surface area contributed by atoms with Crippen molar-refractivity contribution in [2.75, 3.05) is 19.0 Å². The van der Waals surface area contributed by atoms with Gasteiger partial charge in [-0.15, -0.1) is 0 Å². The summed E-state index contributed by atoms with van der Waals surface area (Å²) in [6.07, 6.45) is 2.76. The maximum Gasteiger partial charge on any atom is 0.263 e. The van der Waals surface area contributed by atoms with Gasteiger partial charge < -0.3 is 20.5 Å². The minimum Gasteiger partial charge on any atom is -0.481 e. The number of hydrogen-bond acceptors (Lipinski definition) is 7. The number of hydrogen-bond donors (Lipinski definition) is 3. The Bertz CT molecular complexity index is 756. The predicted octanol–water partition coefficient (Wildman–Crippen LogP) is 2.53. The number of aromatic nitrogens is 2. The summed E-state index contributed by atoms with van der Waals surface area (Å²) in [4.78, 5) is 22.1. The van der Waals surface area contributed by atoms with Crippen molar-refractivity contribution in [3.63, 3.8) is 0 Å². The summed E-state index contributed by atoms with van der Waals surface area (Å²) in [5.74, 6) is 0.568. The molecule has 0 radical (unpaired) electrons. The van der Waals surface area contributed by atoms with E-state index in [1.807, 2.05) is 19.9 Å². The summed E-state index contributed by atoms with van der Waals surface area (Å²) in [6, 6.07) is 3.49. The van der Waals surface area contributed by atoms with Gasteiger partial charge in [-0.3, -0.25) is 4.79 Å². The lowest BCUT2D eigenvalue weighted by Gasteiger charge is -2.38. The fourth-order valence-electron chi connectivity index (χ4n) is 3.11. The van der Waals surface area contributed by atoms with E-state index in [1.54, 1.807) is 19.4 Å². The van der Waals surface area contributed by atoms with Crippen LogP contribution in [-0.2, 0) is 0 Å². The van der Waals surface area contributed by atoms with E-state index in [1.165, 1.54) is 11.3 Å². The molecule has 0 spiro atoms.